The molecular weight excluding hydrogens is 296 g/mol. The van der Waals surface area contributed by atoms with Gasteiger partial charge >= 0.3 is 5.97 Å². The maximum Gasteiger partial charge on any atom is 0.339 e. The number of ether oxygens (including phenoxy) is 1. The second kappa shape index (κ2) is 7.04. The summed E-state index contributed by atoms with van der Waals surface area (Å²) in [6, 6.07) is 3.13. The monoisotopic (exact) mass is 316 g/mol. The van der Waals surface area contributed by atoms with Crippen LogP contribution in [0.3, 0.4) is 0 Å². The van der Waals surface area contributed by atoms with Gasteiger partial charge in [0, 0.05) is 25.4 Å². The molecule has 122 valence electrons. The zero-order valence-corrected chi connectivity index (χ0v) is 13.7. The molecule has 7 heteroatoms. The average Bonchev–Trinajstić information content (AvgIpc) is 2.78. The lowest BCUT2D eigenvalue weighted by atomic mass is 10.1. The van der Waals surface area contributed by atoms with Gasteiger partial charge in [0.25, 0.3) is 0 Å². The number of hydrogen-bond donors (Lipinski definition) is 1. The van der Waals surface area contributed by atoms with Crippen molar-refractivity contribution in [3.63, 3.8) is 0 Å². The van der Waals surface area contributed by atoms with Gasteiger partial charge in [0.2, 0.25) is 5.91 Å². The van der Waals surface area contributed by atoms with Gasteiger partial charge in [-0.3, -0.25) is 9.48 Å². The Morgan fingerprint density at radius 1 is 1.30 bits per heavy atom. The average molecular weight is 316 g/mol. The molecule has 0 saturated carbocycles. The fourth-order valence-corrected chi connectivity index (χ4v) is 2.33. The number of carbonyl (C=O) groups excluding carboxylic acids is 2. The predicted molar refractivity (Wildman–Crippen MR) is 85.2 cm³/mol. The summed E-state index contributed by atoms with van der Waals surface area (Å²) in [5.41, 5.74) is 3.44. The highest BCUT2D eigenvalue weighted by Crippen LogP contribution is 2.14. The van der Waals surface area contributed by atoms with E-state index in [9.17, 15) is 9.59 Å². The van der Waals surface area contributed by atoms with Gasteiger partial charge in [0.15, 0.2) is 0 Å². The van der Waals surface area contributed by atoms with Crippen molar-refractivity contribution in [3.05, 3.63) is 40.8 Å². The van der Waals surface area contributed by atoms with E-state index in [0.29, 0.717) is 24.2 Å². The fourth-order valence-electron chi connectivity index (χ4n) is 2.33. The number of aryl methyl sites for hydroxylation is 2. The van der Waals surface area contributed by atoms with Crippen molar-refractivity contribution in [1.29, 1.82) is 0 Å². The molecule has 0 aromatic carbocycles. The minimum atomic E-state index is -0.460. The fraction of sp³-hybridized carbons (Fsp3) is 0.375. The number of nitrogens with one attached hydrogen (secondary N) is 1. The molecule has 1 N–H and O–H groups in total. The second-order valence-corrected chi connectivity index (χ2v) is 5.24. The number of anilines is 1. The summed E-state index contributed by atoms with van der Waals surface area (Å²) >= 11 is 0. The third-order valence-corrected chi connectivity index (χ3v) is 3.71. The Morgan fingerprint density at radius 2 is 2.04 bits per heavy atom. The summed E-state index contributed by atoms with van der Waals surface area (Å²) in [7, 11) is 3.19. The summed E-state index contributed by atoms with van der Waals surface area (Å²) < 4.78 is 6.41. The van der Waals surface area contributed by atoms with Crippen LogP contribution >= 0.6 is 0 Å². The number of carbonyl (C=O) groups is 2. The van der Waals surface area contributed by atoms with Gasteiger partial charge in [-0.15, -0.1) is 0 Å². The SMILES string of the molecule is COC(=O)c1ccc(NC(=O)CCc2c(C)nn(C)c2C)nc1. The first kappa shape index (κ1) is 16.7. The lowest BCUT2D eigenvalue weighted by Gasteiger charge is -2.06. The lowest BCUT2D eigenvalue weighted by molar-refractivity contribution is -0.116. The summed E-state index contributed by atoms with van der Waals surface area (Å²) in [6.45, 7) is 3.92. The molecule has 0 aliphatic heterocycles. The number of amides is 1. The quantitative estimate of drug-likeness (QED) is 0.850. The Balaban J connectivity index is 1.93. The van der Waals surface area contributed by atoms with Crippen molar-refractivity contribution in [2.75, 3.05) is 12.4 Å². The van der Waals surface area contributed by atoms with Crippen LogP contribution in [0.5, 0.6) is 0 Å². The Bertz CT molecular complexity index is 720. The molecule has 0 radical (unpaired) electrons. The minimum Gasteiger partial charge on any atom is -0.465 e. The highest BCUT2D eigenvalue weighted by molar-refractivity contribution is 5.91. The first-order chi connectivity index (χ1) is 10.9. The van der Waals surface area contributed by atoms with E-state index in [4.69, 9.17) is 0 Å². The highest BCUT2D eigenvalue weighted by Gasteiger charge is 2.12. The van der Waals surface area contributed by atoms with E-state index in [2.05, 4.69) is 20.1 Å². The van der Waals surface area contributed by atoms with Gasteiger partial charge in [0.1, 0.15) is 5.82 Å². The van der Waals surface area contributed by atoms with Crippen LogP contribution < -0.4 is 5.32 Å². The Labute approximate surface area is 134 Å². The van der Waals surface area contributed by atoms with Gasteiger partial charge in [-0.2, -0.15) is 5.10 Å². The second-order valence-electron chi connectivity index (χ2n) is 5.24. The van der Waals surface area contributed by atoms with E-state index < -0.39 is 5.97 Å². The van der Waals surface area contributed by atoms with Gasteiger partial charge in [-0.25, -0.2) is 9.78 Å². The number of hydrogen-bond acceptors (Lipinski definition) is 5. The predicted octanol–water partition coefficient (Wildman–Crippen LogP) is 1.79. The third kappa shape index (κ3) is 3.94. The van der Waals surface area contributed by atoms with Crippen LogP contribution in [0.25, 0.3) is 0 Å². The van der Waals surface area contributed by atoms with Crippen LogP contribution in [0.4, 0.5) is 5.82 Å². The number of esters is 1. The minimum absolute atomic E-state index is 0.133. The summed E-state index contributed by atoms with van der Waals surface area (Å²) in [5.74, 6) is -0.189. The molecule has 23 heavy (non-hydrogen) atoms. The number of pyridine rings is 1. The summed E-state index contributed by atoms with van der Waals surface area (Å²) in [4.78, 5) is 27.4. The molecule has 2 rings (SSSR count). The zero-order valence-electron chi connectivity index (χ0n) is 13.7. The smallest absolute Gasteiger partial charge is 0.339 e. The van der Waals surface area contributed by atoms with E-state index in [1.807, 2.05) is 25.6 Å². The maximum absolute atomic E-state index is 12.0. The van der Waals surface area contributed by atoms with Crippen molar-refractivity contribution in [3.8, 4) is 0 Å². The van der Waals surface area contributed by atoms with Crippen LogP contribution in [-0.4, -0.2) is 33.8 Å². The van der Waals surface area contributed by atoms with Gasteiger partial charge in [0.05, 0.1) is 18.4 Å². The van der Waals surface area contributed by atoms with Crippen LogP contribution in [-0.2, 0) is 23.0 Å². The van der Waals surface area contributed by atoms with Crippen molar-refractivity contribution >= 4 is 17.7 Å². The highest BCUT2D eigenvalue weighted by atomic mass is 16.5. The molecule has 0 saturated heterocycles. The Morgan fingerprint density at radius 3 is 2.57 bits per heavy atom. The van der Waals surface area contributed by atoms with Crippen molar-refractivity contribution < 1.29 is 14.3 Å². The Kier molecular flexibility index (Phi) is 5.10. The molecule has 0 bridgehead atoms. The summed E-state index contributed by atoms with van der Waals surface area (Å²) in [6.07, 6.45) is 2.34. The number of nitrogens with zero attached hydrogens (tertiary/aromatic N) is 3. The number of aromatic nitrogens is 3. The van der Waals surface area contributed by atoms with Crippen LogP contribution in [0.15, 0.2) is 18.3 Å². The standard InChI is InChI=1S/C16H20N4O3/c1-10-13(11(2)20(3)19-10)6-8-15(21)18-14-7-5-12(9-17-14)16(22)23-4/h5,7,9H,6,8H2,1-4H3,(H,17,18,21). The summed E-state index contributed by atoms with van der Waals surface area (Å²) in [5, 5.41) is 7.05. The van der Waals surface area contributed by atoms with E-state index in [-0.39, 0.29) is 5.91 Å². The lowest BCUT2D eigenvalue weighted by Crippen LogP contribution is -2.14. The van der Waals surface area contributed by atoms with E-state index in [0.717, 1.165) is 17.0 Å². The van der Waals surface area contributed by atoms with Crippen molar-refractivity contribution in [2.45, 2.75) is 26.7 Å². The van der Waals surface area contributed by atoms with Gasteiger partial charge in [-0.05, 0) is 38.0 Å². The van der Waals surface area contributed by atoms with E-state index in [1.165, 1.54) is 13.3 Å². The molecule has 7 nitrogen and oxygen atoms in total. The topological polar surface area (TPSA) is 86.1 Å². The molecule has 0 atom stereocenters. The molecule has 2 aromatic rings. The van der Waals surface area contributed by atoms with Crippen LogP contribution in [0.2, 0.25) is 0 Å². The molecule has 0 fully saturated rings. The zero-order chi connectivity index (χ0) is 17.0. The first-order valence-electron chi connectivity index (χ1n) is 7.25. The molecule has 0 aliphatic carbocycles. The van der Waals surface area contributed by atoms with Crippen LogP contribution in [0, 0.1) is 13.8 Å². The molecular formula is C16H20N4O3. The van der Waals surface area contributed by atoms with Crippen LogP contribution in [0.1, 0.15) is 33.7 Å². The normalized spacial score (nSPS) is 10.4. The largest absolute Gasteiger partial charge is 0.465 e. The molecule has 0 aliphatic rings. The van der Waals surface area contributed by atoms with Crippen molar-refractivity contribution in [2.24, 2.45) is 7.05 Å². The van der Waals surface area contributed by atoms with Gasteiger partial charge < -0.3 is 10.1 Å². The molecule has 0 spiro atoms. The first-order valence-corrected chi connectivity index (χ1v) is 7.25. The van der Waals surface area contributed by atoms with E-state index >= 15 is 0 Å². The maximum atomic E-state index is 12.0. The van der Waals surface area contributed by atoms with Gasteiger partial charge in [-0.1, -0.05) is 0 Å². The molecule has 2 heterocycles. The number of methoxy groups -OCH3 is 1. The number of rotatable bonds is 5. The van der Waals surface area contributed by atoms with E-state index in [1.54, 1.807) is 12.1 Å². The Hall–Kier alpha value is -2.70. The third-order valence-electron chi connectivity index (χ3n) is 3.71. The van der Waals surface area contributed by atoms with Crippen molar-refractivity contribution in [1.82, 2.24) is 14.8 Å². The molecule has 0 unspecified atom stereocenters. The molecule has 1 amide bonds. The molecule has 2 aromatic heterocycles.